The molecule has 12 heavy (non-hydrogen) atoms. The van der Waals surface area contributed by atoms with Gasteiger partial charge in [-0.2, -0.15) is 0 Å². The fourth-order valence-corrected chi connectivity index (χ4v) is 1.19. The molecule has 0 radical (unpaired) electrons. The monoisotopic (exact) mass is 160 g/mol. The lowest BCUT2D eigenvalue weighted by Crippen LogP contribution is -2.13. The Morgan fingerprint density at radius 2 is 2.42 bits per heavy atom. The lowest BCUT2D eigenvalue weighted by atomic mass is 10.1. The van der Waals surface area contributed by atoms with Crippen molar-refractivity contribution in [2.24, 2.45) is 4.99 Å². The van der Waals surface area contributed by atoms with Crippen LogP contribution >= 0.6 is 0 Å². The van der Waals surface area contributed by atoms with Gasteiger partial charge in [-0.25, -0.2) is 4.99 Å². The van der Waals surface area contributed by atoms with E-state index in [1.165, 1.54) is 0 Å². The molecule has 0 saturated carbocycles. The van der Waals surface area contributed by atoms with Crippen molar-refractivity contribution in [1.82, 2.24) is 5.32 Å². The van der Waals surface area contributed by atoms with Gasteiger partial charge >= 0.3 is 0 Å². The zero-order valence-corrected chi connectivity index (χ0v) is 6.45. The van der Waals surface area contributed by atoms with E-state index >= 15 is 0 Å². The summed E-state index contributed by atoms with van der Waals surface area (Å²) in [6.07, 6.45) is 2.48. The fraction of sp³-hybridized carbons (Fsp3) is 0.111. The van der Waals surface area contributed by atoms with Gasteiger partial charge in [0, 0.05) is 12.1 Å². The van der Waals surface area contributed by atoms with Crippen LogP contribution in [0.15, 0.2) is 23.2 Å². The van der Waals surface area contributed by atoms with Crippen LogP contribution < -0.4 is 5.32 Å². The van der Waals surface area contributed by atoms with Crippen LogP contribution in [0.25, 0.3) is 0 Å². The first kappa shape index (κ1) is 7.03. The Kier molecular flexibility index (Phi) is 1.63. The average Bonchev–Trinajstić information content (AvgIpc) is 2.17. The first-order valence-corrected chi connectivity index (χ1v) is 3.74. The zero-order chi connectivity index (χ0) is 8.39. The van der Waals surface area contributed by atoms with Gasteiger partial charge in [0.05, 0.1) is 12.0 Å². The van der Waals surface area contributed by atoms with E-state index < -0.39 is 0 Å². The van der Waals surface area contributed by atoms with E-state index in [9.17, 15) is 4.79 Å². The molecule has 3 nitrogen and oxygen atoms in total. The van der Waals surface area contributed by atoms with E-state index in [1.807, 2.05) is 6.07 Å². The van der Waals surface area contributed by atoms with Crippen LogP contribution in [0.4, 0.5) is 5.69 Å². The van der Waals surface area contributed by atoms with Gasteiger partial charge in [-0.1, -0.05) is 12.1 Å². The number of aliphatic imine (C=N–C) groups is 1. The standard InChI is InChI=1S/C9H8N2O/c12-5-7-1-2-8-4-10-6-11-9(8)3-7/h1-3,5-6H,4H2,(H,10,11). The molecular formula is C9H8N2O. The molecule has 0 saturated heterocycles. The highest BCUT2D eigenvalue weighted by Crippen LogP contribution is 2.21. The summed E-state index contributed by atoms with van der Waals surface area (Å²) < 4.78 is 0. The first-order valence-electron chi connectivity index (χ1n) is 3.74. The van der Waals surface area contributed by atoms with E-state index in [1.54, 1.807) is 18.5 Å². The summed E-state index contributed by atoms with van der Waals surface area (Å²) in [6, 6.07) is 5.51. The Morgan fingerprint density at radius 3 is 3.25 bits per heavy atom. The maximum Gasteiger partial charge on any atom is 0.150 e. The van der Waals surface area contributed by atoms with Crippen molar-refractivity contribution in [2.75, 3.05) is 0 Å². The third-order valence-electron chi connectivity index (χ3n) is 1.83. The molecule has 60 valence electrons. The summed E-state index contributed by atoms with van der Waals surface area (Å²) in [5.74, 6) is 0. The highest BCUT2D eigenvalue weighted by Gasteiger charge is 2.04. The van der Waals surface area contributed by atoms with Gasteiger partial charge in [-0.3, -0.25) is 4.79 Å². The Hall–Kier alpha value is -1.64. The third kappa shape index (κ3) is 1.09. The smallest absolute Gasteiger partial charge is 0.150 e. The highest BCUT2D eigenvalue weighted by molar-refractivity contribution is 5.78. The molecule has 0 fully saturated rings. The molecule has 0 atom stereocenters. The first-order chi connectivity index (χ1) is 5.90. The number of benzene rings is 1. The normalized spacial score (nSPS) is 13.3. The molecule has 0 amide bonds. The van der Waals surface area contributed by atoms with Crippen LogP contribution in [0.3, 0.4) is 0 Å². The van der Waals surface area contributed by atoms with Gasteiger partial charge < -0.3 is 5.32 Å². The van der Waals surface area contributed by atoms with Crippen LogP contribution in [0.1, 0.15) is 15.9 Å². The maximum atomic E-state index is 10.4. The van der Waals surface area contributed by atoms with Gasteiger partial charge in [0.15, 0.2) is 0 Å². The number of hydrogen-bond donors (Lipinski definition) is 1. The summed E-state index contributed by atoms with van der Waals surface area (Å²) in [5, 5.41) is 3.00. The predicted molar refractivity (Wildman–Crippen MR) is 46.8 cm³/mol. The number of fused-ring (bicyclic) bond motifs is 1. The summed E-state index contributed by atoms with van der Waals surface area (Å²) in [6.45, 7) is 0.790. The largest absolute Gasteiger partial charge is 0.372 e. The Morgan fingerprint density at radius 1 is 1.50 bits per heavy atom. The summed E-state index contributed by atoms with van der Waals surface area (Å²) in [5.41, 5.74) is 2.69. The Labute approximate surface area is 70.1 Å². The van der Waals surface area contributed by atoms with E-state index in [4.69, 9.17) is 0 Å². The SMILES string of the molecule is O=Cc1ccc2c(c1)N=CNC2. The molecule has 1 N–H and O–H groups in total. The van der Waals surface area contributed by atoms with E-state index in [0.717, 1.165) is 24.1 Å². The van der Waals surface area contributed by atoms with Crippen LogP contribution in [0, 0.1) is 0 Å². The quantitative estimate of drug-likeness (QED) is 0.628. The van der Waals surface area contributed by atoms with E-state index in [2.05, 4.69) is 10.3 Å². The van der Waals surface area contributed by atoms with Crippen molar-refractivity contribution in [3.63, 3.8) is 0 Å². The van der Waals surface area contributed by atoms with E-state index in [0.29, 0.717) is 5.56 Å². The molecule has 0 aromatic heterocycles. The van der Waals surface area contributed by atoms with Gasteiger partial charge in [-0.05, 0) is 11.6 Å². The zero-order valence-electron chi connectivity index (χ0n) is 6.45. The molecule has 0 unspecified atom stereocenters. The van der Waals surface area contributed by atoms with Crippen molar-refractivity contribution in [3.05, 3.63) is 29.3 Å². The van der Waals surface area contributed by atoms with Gasteiger partial charge in [0.2, 0.25) is 0 Å². The van der Waals surface area contributed by atoms with Crippen LogP contribution in [0.5, 0.6) is 0 Å². The molecule has 1 heterocycles. The molecule has 0 spiro atoms. The molecule has 3 heteroatoms. The number of rotatable bonds is 1. The minimum absolute atomic E-state index is 0.674. The summed E-state index contributed by atoms with van der Waals surface area (Å²) >= 11 is 0. The lowest BCUT2D eigenvalue weighted by molar-refractivity contribution is 0.112. The van der Waals surface area contributed by atoms with Crippen molar-refractivity contribution < 1.29 is 4.79 Å². The maximum absolute atomic E-state index is 10.4. The number of hydrogen-bond acceptors (Lipinski definition) is 3. The number of nitrogens with zero attached hydrogens (tertiary/aromatic N) is 1. The molecule has 1 aliphatic rings. The summed E-state index contributed by atoms with van der Waals surface area (Å²) in [4.78, 5) is 14.5. The molecule has 2 rings (SSSR count). The van der Waals surface area contributed by atoms with Gasteiger partial charge in [0.1, 0.15) is 6.29 Å². The molecule has 1 aromatic rings. The Balaban J connectivity index is 2.51. The van der Waals surface area contributed by atoms with E-state index in [-0.39, 0.29) is 0 Å². The van der Waals surface area contributed by atoms with Gasteiger partial charge in [-0.15, -0.1) is 0 Å². The lowest BCUT2D eigenvalue weighted by Gasteiger charge is -2.10. The fourth-order valence-electron chi connectivity index (χ4n) is 1.19. The molecule has 1 aliphatic heterocycles. The van der Waals surface area contributed by atoms with Crippen molar-refractivity contribution in [3.8, 4) is 0 Å². The number of carbonyl (C=O) groups excluding carboxylic acids is 1. The van der Waals surface area contributed by atoms with Crippen LogP contribution in [-0.2, 0) is 6.54 Å². The van der Waals surface area contributed by atoms with Crippen LogP contribution in [0.2, 0.25) is 0 Å². The highest BCUT2D eigenvalue weighted by atomic mass is 16.1. The topological polar surface area (TPSA) is 41.5 Å². The van der Waals surface area contributed by atoms with Crippen molar-refractivity contribution in [1.29, 1.82) is 0 Å². The third-order valence-corrected chi connectivity index (χ3v) is 1.83. The molecule has 0 aliphatic carbocycles. The number of nitrogens with one attached hydrogen (secondary N) is 1. The van der Waals surface area contributed by atoms with Gasteiger partial charge in [0.25, 0.3) is 0 Å². The molecule has 1 aromatic carbocycles. The second-order valence-electron chi connectivity index (χ2n) is 2.65. The minimum atomic E-state index is 0.674. The molecular weight excluding hydrogens is 152 g/mol. The van der Waals surface area contributed by atoms with Crippen LogP contribution in [-0.4, -0.2) is 12.6 Å². The Bertz CT molecular complexity index is 344. The number of aldehydes is 1. The van der Waals surface area contributed by atoms with Crippen molar-refractivity contribution >= 4 is 18.3 Å². The van der Waals surface area contributed by atoms with Crippen molar-refractivity contribution in [2.45, 2.75) is 6.54 Å². The second kappa shape index (κ2) is 2.77. The summed E-state index contributed by atoms with van der Waals surface area (Å²) in [7, 11) is 0. The molecule has 0 bridgehead atoms. The predicted octanol–water partition coefficient (Wildman–Crippen LogP) is 1.26. The minimum Gasteiger partial charge on any atom is -0.372 e. The number of carbonyl (C=O) groups is 1. The average molecular weight is 160 g/mol. The second-order valence-corrected chi connectivity index (χ2v) is 2.65.